The second-order valence-corrected chi connectivity index (χ2v) is 4.41. The number of nitrogens with zero attached hydrogens (tertiary/aromatic N) is 1. The molecule has 1 amide bonds. The molecule has 0 aliphatic carbocycles. The molecule has 0 unspecified atom stereocenters. The zero-order chi connectivity index (χ0) is 13.5. The maximum absolute atomic E-state index is 11.8. The van der Waals surface area contributed by atoms with E-state index in [0.29, 0.717) is 13.2 Å². The van der Waals surface area contributed by atoms with Gasteiger partial charge in [0.15, 0.2) is 0 Å². The van der Waals surface area contributed by atoms with Gasteiger partial charge >= 0.3 is 0 Å². The van der Waals surface area contributed by atoms with Crippen molar-refractivity contribution in [1.82, 2.24) is 4.90 Å². The van der Waals surface area contributed by atoms with Crippen LogP contribution in [0.4, 0.5) is 5.69 Å². The molecule has 0 saturated carbocycles. The number of anilines is 1. The first kappa shape index (κ1) is 14.4. The van der Waals surface area contributed by atoms with Gasteiger partial charge in [0.05, 0.1) is 13.2 Å². The molecule has 0 aliphatic rings. The van der Waals surface area contributed by atoms with Gasteiger partial charge < -0.3 is 15.0 Å². The normalized spacial score (nSPS) is 10.3. The highest BCUT2D eigenvalue weighted by Crippen LogP contribution is 2.15. The highest BCUT2D eigenvalue weighted by molar-refractivity contribution is 5.80. The van der Waals surface area contributed by atoms with Crippen LogP contribution in [0.2, 0.25) is 0 Å². The molecular weight excluding hydrogens is 228 g/mol. The van der Waals surface area contributed by atoms with Crippen molar-refractivity contribution in [2.24, 2.45) is 0 Å². The minimum atomic E-state index is 0.0823. The van der Waals surface area contributed by atoms with Gasteiger partial charge in [0.25, 0.3) is 0 Å². The molecule has 0 fully saturated rings. The van der Waals surface area contributed by atoms with E-state index in [0.717, 1.165) is 11.4 Å². The van der Waals surface area contributed by atoms with Crippen molar-refractivity contribution in [3.05, 3.63) is 24.3 Å². The Balaban J connectivity index is 2.46. The van der Waals surface area contributed by atoms with Crippen LogP contribution in [0.3, 0.4) is 0 Å². The second-order valence-electron chi connectivity index (χ2n) is 4.41. The number of nitrogens with one attached hydrogen (secondary N) is 1. The molecule has 0 spiro atoms. The number of likely N-dealkylation sites (N-methyl/N-ethyl adjacent to an activating group) is 1. The molecule has 4 heteroatoms. The van der Waals surface area contributed by atoms with Gasteiger partial charge in [-0.25, -0.2) is 0 Å². The van der Waals surface area contributed by atoms with E-state index in [1.54, 1.807) is 4.90 Å². The van der Waals surface area contributed by atoms with Gasteiger partial charge in [-0.1, -0.05) is 0 Å². The molecule has 0 saturated heterocycles. The lowest BCUT2D eigenvalue weighted by molar-refractivity contribution is -0.129. The Hall–Kier alpha value is -1.71. The average molecular weight is 250 g/mol. The summed E-state index contributed by atoms with van der Waals surface area (Å²) < 4.78 is 5.35. The molecule has 0 heterocycles. The van der Waals surface area contributed by atoms with Crippen molar-refractivity contribution < 1.29 is 9.53 Å². The zero-order valence-corrected chi connectivity index (χ0v) is 11.6. The van der Waals surface area contributed by atoms with Gasteiger partial charge in [-0.3, -0.25) is 4.79 Å². The molecule has 18 heavy (non-hydrogen) atoms. The average Bonchev–Trinajstić information content (AvgIpc) is 2.37. The van der Waals surface area contributed by atoms with Gasteiger partial charge in [-0.15, -0.1) is 0 Å². The third-order valence-corrected chi connectivity index (χ3v) is 2.78. The van der Waals surface area contributed by atoms with Crippen molar-refractivity contribution in [2.45, 2.75) is 26.8 Å². The van der Waals surface area contributed by atoms with Crippen LogP contribution >= 0.6 is 0 Å². The number of amides is 1. The summed E-state index contributed by atoms with van der Waals surface area (Å²) >= 11 is 0. The number of rotatable bonds is 6. The first-order valence-corrected chi connectivity index (χ1v) is 6.27. The summed E-state index contributed by atoms with van der Waals surface area (Å²) in [6.45, 7) is 6.91. The van der Waals surface area contributed by atoms with Crippen molar-refractivity contribution in [3.63, 3.8) is 0 Å². The minimum absolute atomic E-state index is 0.0823. The Morgan fingerprint density at radius 1 is 1.33 bits per heavy atom. The predicted octanol–water partition coefficient (Wildman–Crippen LogP) is 2.36. The van der Waals surface area contributed by atoms with Crippen molar-refractivity contribution in [3.8, 4) is 5.75 Å². The molecule has 1 rings (SSSR count). The van der Waals surface area contributed by atoms with E-state index in [2.05, 4.69) is 5.32 Å². The molecule has 1 N–H and O–H groups in total. The van der Waals surface area contributed by atoms with E-state index in [1.807, 2.05) is 52.1 Å². The molecule has 0 aliphatic heterocycles. The number of carbonyl (C=O) groups excluding carboxylic acids is 1. The van der Waals surface area contributed by atoms with E-state index in [4.69, 9.17) is 4.74 Å². The maximum Gasteiger partial charge on any atom is 0.241 e. The highest BCUT2D eigenvalue weighted by Gasteiger charge is 2.10. The largest absolute Gasteiger partial charge is 0.494 e. The topological polar surface area (TPSA) is 41.6 Å². The third kappa shape index (κ3) is 4.28. The molecule has 1 aromatic carbocycles. The second kappa shape index (κ2) is 6.89. The standard InChI is InChI=1S/C14H22N2O2/c1-5-18-13-8-6-12(7-9-13)15-10-14(17)16(4)11(2)3/h6-9,11,15H,5,10H2,1-4H3. The number of hydrogen-bond acceptors (Lipinski definition) is 3. The van der Waals surface area contributed by atoms with Crippen LogP contribution in [0.1, 0.15) is 20.8 Å². The van der Waals surface area contributed by atoms with Crippen LogP contribution in [0.5, 0.6) is 5.75 Å². The lowest BCUT2D eigenvalue weighted by atomic mass is 10.3. The SMILES string of the molecule is CCOc1ccc(NCC(=O)N(C)C(C)C)cc1. The monoisotopic (exact) mass is 250 g/mol. The predicted molar refractivity (Wildman–Crippen MR) is 74.0 cm³/mol. The van der Waals surface area contributed by atoms with Gasteiger partial charge in [0.2, 0.25) is 5.91 Å². The van der Waals surface area contributed by atoms with Crippen molar-refractivity contribution in [1.29, 1.82) is 0 Å². The zero-order valence-electron chi connectivity index (χ0n) is 11.6. The Bertz CT molecular complexity index is 374. The summed E-state index contributed by atoms with van der Waals surface area (Å²) in [6.07, 6.45) is 0. The number of benzene rings is 1. The fourth-order valence-corrected chi connectivity index (χ4v) is 1.43. The molecule has 100 valence electrons. The quantitative estimate of drug-likeness (QED) is 0.842. The van der Waals surface area contributed by atoms with E-state index >= 15 is 0 Å². The summed E-state index contributed by atoms with van der Waals surface area (Å²) in [5.74, 6) is 0.924. The van der Waals surface area contributed by atoms with E-state index in [-0.39, 0.29) is 11.9 Å². The van der Waals surface area contributed by atoms with Crippen LogP contribution in [0.15, 0.2) is 24.3 Å². The first-order chi connectivity index (χ1) is 8.54. The van der Waals surface area contributed by atoms with Crippen LogP contribution in [-0.2, 0) is 4.79 Å². The number of carbonyl (C=O) groups is 1. The Morgan fingerprint density at radius 2 is 1.94 bits per heavy atom. The number of hydrogen-bond donors (Lipinski definition) is 1. The van der Waals surface area contributed by atoms with Gasteiger partial charge in [-0.2, -0.15) is 0 Å². The molecule has 0 radical (unpaired) electrons. The lowest BCUT2D eigenvalue weighted by Crippen LogP contribution is -2.37. The fraction of sp³-hybridized carbons (Fsp3) is 0.500. The van der Waals surface area contributed by atoms with Gasteiger partial charge in [0, 0.05) is 18.8 Å². The van der Waals surface area contributed by atoms with Crippen molar-refractivity contribution >= 4 is 11.6 Å². The molecular formula is C14H22N2O2. The molecule has 1 aromatic rings. The van der Waals surface area contributed by atoms with Crippen LogP contribution in [0, 0.1) is 0 Å². The van der Waals surface area contributed by atoms with Gasteiger partial charge in [0.1, 0.15) is 5.75 Å². The molecule has 0 aromatic heterocycles. The third-order valence-electron chi connectivity index (χ3n) is 2.78. The summed E-state index contributed by atoms with van der Waals surface area (Å²) in [5, 5.41) is 3.10. The Labute approximate surface area is 109 Å². The maximum atomic E-state index is 11.8. The van der Waals surface area contributed by atoms with Gasteiger partial charge in [-0.05, 0) is 45.0 Å². The van der Waals surface area contributed by atoms with Crippen LogP contribution < -0.4 is 10.1 Å². The fourth-order valence-electron chi connectivity index (χ4n) is 1.43. The summed E-state index contributed by atoms with van der Waals surface area (Å²) in [6, 6.07) is 7.83. The van der Waals surface area contributed by atoms with E-state index < -0.39 is 0 Å². The molecule has 0 bridgehead atoms. The summed E-state index contributed by atoms with van der Waals surface area (Å²) in [7, 11) is 1.81. The van der Waals surface area contributed by atoms with Crippen molar-refractivity contribution in [2.75, 3.05) is 25.5 Å². The smallest absolute Gasteiger partial charge is 0.241 e. The summed E-state index contributed by atoms with van der Waals surface area (Å²) in [4.78, 5) is 13.5. The highest BCUT2D eigenvalue weighted by atomic mass is 16.5. The number of ether oxygens (including phenoxy) is 1. The summed E-state index contributed by atoms with van der Waals surface area (Å²) in [5.41, 5.74) is 0.920. The van der Waals surface area contributed by atoms with Crippen LogP contribution in [-0.4, -0.2) is 37.0 Å². The lowest BCUT2D eigenvalue weighted by Gasteiger charge is -2.21. The Kier molecular flexibility index (Phi) is 5.49. The van der Waals surface area contributed by atoms with E-state index in [9.17, 15) is 4.79 Å². The first-order valence-electron chi connectivity index (χ1n) is 6.27. The Morgan fingerprint density at radius 3 is 2.44 bits per heavy atom. The molecule has 0 atom stereocenters. The minimum Gasteiger partial charge on any atom is -0.494 e. The molecule has 4 nitrogen and oxygen atoms in total. The van der Waals surface area contributed by atoms with E-state index in [1.165, 1.54) is 0 Å². The van der Waals surface area contributed by atoms with Crippen LogP contribution in [0.25, 0.3) is 0 Å².